The molecule has 2 rings (SSSR count). The van der Waals surface area contributed by atoms with Crippen molar-refractivity contribution >= 4 is 29.3 Å². The van der Waals surface area contributed by atoms with E-state index in [1.807, 2.05) is 13.0 Å². The highest BCUT2D eigenvalue weighted by Gasteiger charge is 2.21. The molecule has 1 N–H and O–H groups in total. The molecule has 0 unspecified atom stereocenters. The van der Waals surface area contributed by atoms with Crippen LogP contribution in [0.25, 0.3) is 0 Å². The Morgan fingerprint density at radius 1 is 1.16 bits per heavy atom. The maximum atomic E-state index is 13.2. The lowest BCUT2D eigenvalue weighted by atomic mass is 10.2. The lowest BCUT2D eigenvalue weighted by Crippen LogP contribution is -2.30. The number of amides is 1. The second kappa shape index (κ2) is 8.62. The molecule has 7 heteroatoms. The zero-order chi connectivity index (χ0) is 18.4. The van der Waals surface area contributed by atoms with Crippen LogP contribution in [0.1, 0.15) is 24.2 Å². The number of rotatable bonds is 6. The molecular formula is C18H17F2NO3S. The van der Waals surface area contributed by atoms with Gasteiger partial charge in [0, 0.05) is 16.6 Å². The molecule has 0 radical (unpaired) electrons. The number of hydrogen-bond donors (Lipinski definition) is 1. The second-order valence-corrected chi connectivity index (χ2v) is 6.40. The van der Waals surface area contributed by atoms with Crippen LogP contribution in [0.2, 0.25) is 0 Å². The van der Waals surface area contributed by atoms with E-state index in [9.17, 15) is 18.4 Å². The van der Waals surface area contributed by atoms with Crippen LogP contribution in [0.3, 0.4) is 0 Å². The molecule has 0 spiro atoms. The minimum atomic E-state index is -1.10. The molecule has 0 bridgehead atoms. The third kappa shape index (κ3) is 5.03. The summed E-state index contributed by atoms with van der Waals surface area (Å²) in [6.07, 6.45) is -1.10. The third-order valence-corrected chi connectivity index (χ3v) is 4.20. The number of esters is 1. The second-order valence-electron chi connectivity index (χ2n) is 5.09. The topological polar surface area (TPSA) is 55.4 Å². The Bertz CT molecular complexity index is 783. The number of thioether (sulfide) groups is 1. The molecule has 2 aromatic carbocycles. The van der Waals surface area contributed by atoms with E-state index in [0.29, 0.717) is 5.56 Å². The van der Waals surface area contributed by atoms with E-state index in [4.69, 9.17) is 4.74 Å². The predicted octanol–water partition coefficient (Wildman–Crippen LogP) is 4.26. The number of carbonyl (C=O) groups is 2. The molecule has 2 aromatic rings. The first kappa shape index (κ1) is 18.9. The standard InChI is InChI=1S/C18H17F2NO3S/c1-3-25-16-7-5-4-6-13(16)18(23)24-11(2)17(22)21-12-8-9-14(19)15(20)10-12/h4-11H,3H2,1-2H3,(H,21,22)/t11-/m1/s1. The van der Waals surface area contributed by atoms with E-state index in [2.05, 4.69) is 5.32 Å². The minimum absolute atomic E-state index is 0.0775. The fraction of sp³-hybridized carbons (Fsp3) is 0.222. The summed E-state index contributed by atoms with van der Waals surface area (Å²) < 4.78 is 31.2. The highest BCUT2D eigenvalue weighted by atomic mass is 32.2. The van der Waals surface area contributed by atoms with Crippen LogP contribution in [0, 0.1) is 11.6 Å². The summed E-state index contributed by atoms with van der Waals surface area (Å²) in [6.45, 7) is 3.37. The van der Waals surface area contributed by atoms with Gasteiger partial charge in [0.25, 0.3) is 5.91 Å². The molecule has 0 fully saturated rings. The zero-order valence-electron chi connectivity index (χ0n) is 13.7. The van der Waals surface area contributed by atoms with Gasteiger partial charge in [0.05, 0.1) is 5.56 Å². The van der Waals surface area contributed by atoms with Gasteiger partial charge in [-0.1, -0.05) is 19.1 Å². The summed E-state index contributed by atoms with van der Waals surface area (Å²) in [6, 6.07) is 9.93. The Hall–Kier alpha value is -2.41. The Kier molecular flexibility index (Phi) is 6.52. The maximum Gasteiger partial charge on any atom is 0.340 e. The van der Waals surface area contributed by atoms with Gasteiger partial charge in [-0.25, -0.2) is 13.6 Å². The summed E-state index contributed by atoms with van der Waals surface area (Å²) in [5.41, 5.74) is 0.454. The number of ether oxygens (including phenoxy) is 1. The van der Waals surface area contributed by atoms with Crippen LogP contribution in [0.5, 0.6) is 0 Å². The van der Waals surface area contributed by atoms with Crippen LogP contribution in [0.4, 0.5) is 14.5 Å². The van der Waals surface area contributed by atoms with Crippen LogP contribution < -0.4 is 5.32 Å². The van der Waals surface area contributed by atoms with Crippen LogP contribution in [0.15, 0.2) is 47.4 Å². The number of carbonyl (C=O) groups excluding carboxylic acids is 2. The highest BCUT2D eigenvalue weighted by molar-refractivity contribution is 7.99. The molecule has 0 heterocycles. The number of hydrogen-bond acceptors (Lipinski definition) is 4. The highest BCUT2D eigenvalue weighted by Crippen LogP contribution is 2.23. The fourth-order valence-electron chi connectivity index (χ4n) is 2.01. The van der Waals surface area contributed by atoms with Gasteiger partial charge in [-0.3, -0.25) is 4.79 Å². The molecular weight excluding hydrogens is 348 g/mol. The van der Waals surface area contributed by atoms with E-state index < -0.39 is 29.6 Å². The van der Waals surface area contributed by atoms with Crippen molar-refractivity contribution in [2.24, 2.45) is 0 Å². The molecule has 0 aliphatic rings. The van der Waals surface area contributed by atoms with Crippen molar-refractivity contribution in [3.63, 3.8) is 0 Å². The Morgan fingerprint density at radius 2 is 1.88 bits per heavy atom. The minimum Gasteiger partial charge on any atom is -0.449 e. The molecule has 0 saturated heterocycles. The Labute approximate surface area is 148 Å². The fourth-order valence-corrected chi connectivity index (χ4v) is 2.80. The first-order valence-corrected chi connectivity index (χ1v) is 8.59. The third-order valence-electron chi connectivity index (χ3n) is 3.25. The van der Waals surface area contributed by atoms with E-state index in [1.165, 1.54) is 24.8 Å². The number of benzene rings is 2. The van der Waals surface area contributed by atoms with Gasteiger partial charge in [0.15, 0.2) is 17.7 Å². The van der Waals surface area contributed by atoms with Crippen LogP contribution in [-0.4, -0.2) is 23.7 Å². The lowest BCUT2D eigenvalue weighted by Gasteiger charge is -2.15. The van der Waals surface area contributed by atoms with Crippen molar-refractivity contribution in [2.75, 3.05) is 11.1 Å². The largest absolute Gasteiger partial charge is 0.449 e. The summed E-state index contributed by atoms with van der Waals surface area (Å²) in [7, 11) is 0. The Balaban J connectivity index is 2.03. The first-order chi connectivity index (χ1) is 11.9. The smallest absolute Gasteiger partial charge is 0.340 e. The first-order valence-electron chi connectivity index (χ1n) is 7.61. The molecule has 0 aromatic heterocycles. The quantitative estimate of drug-likeness (QED) is 0.614. The van der Waals surface area contributed by atoms with Gasteiger partial charge in [-0.2, -0.15) is 0 Å². The predicted molar refractivity (Wildman–Crippen MR) is 92.7 cm³/mol. The normalized spacial score (nSPS) is 11.7. The van der Waals surface area contributed by atoms with E-state index >= 15 is 0 Å². The number of halogens is 2. The van der Waals surface area contributed by atoms with E-state index in [0.717, 1.165) is 22.8 Å². The average molecular weight is 365 g/mol. The van der Waals surface area contributed by atoms with Crippen LogP contribution in [-0.2, 0) is 9.53 Å². The summed E-state index contributed by atoms with van der Waals surface area (Å²) >= 11 is 1.49. The summed E-state index contributed by atoms with van der Waals surface area (Å²) in [5, 5.41) is 2.38. The molecule has 0 aliphatic heterocycles. The molecule has 1 amide bonds. The zero-order valence-corrected chi connectivity index (χ0v) is 14.5. The lowest BCUT2D eigenvalue weighted by molar-refractivity contribution is -0.123. The van der Waals surface area contributed by atoms with Crippen molar-refractivity contribution in [3.8, 4) is 0 Å². The van der Waals surface area contributed by atoms with Gasteiger partial charge in [-0.05, 0) is 36.9 Å². The van der Waals surface area contributed by atoms with Crippen molar-refractivity contribution in [3.05, 3.63) is 59.7 Å². The van der Waals surface area contributed by atoms with Crippen molar-refractivity contribution in [1.82, 2.24) is 0 Å². The molecule has 132 valence electrons. The van der Waals surface area contributed by atoms with Crippen molar-refractivity contribution < 1.29 is 23.1 Å². The number of anilines is 1. The van der Waals surface area contributed by atoms with Crippen molar-refractivity contribution in [1.29, 1.82) is 0 Å². The average Bonchev–Trinajstić information content (AvgIpc) is 2.58. The number of nitrogens with one attached hydrogen (secondary N) is 1. The van der Waals surface area contributed by atoms with Crippen LogP contribution >= 0.6 is 11.8 Å². The van der Waals surface area contributed by atoms with E-state index in [1.54, 1.807) is 18.2 Å². The van der Waals surface area contributed by atoms with E-state index in [-0.39, 0.29) is 5.69 Å². The molecule has 0 aliphatic carbocycles. The van der Waals surface area contributed by atoms with Gasteiger partial charge in [0.2, 0.25) is 0 Å². The SMILES string of the molecule is CCSc1ccccc1C(=O)O[C@H](C)C(=O)Nc1ccc(F)c(F)c1. The summed E-state index contributed by atoms with van der Waals surface area (Å²) in [5.74, 6) is -2.56. The van der Waals surface area contributed by atoms with Gasteiger partial charge in [-0.15, -0.1) is 11.8 Å². The molecule has 25 heavy (non-hydrogen) atoms. The molecule has 4 nitrogen and oxygen atoms in total. The van der Waals surface area contributed by atoms with Crippen molar-refractivity contribution in [2.45, 2.75) is 24.8 Å². The Morgan fingerprint density at radius 3 is 2.56 bits per heavy atom. The molecule has 1 atom stereocenters. The van der Waals surface area contributed by atoms with Gasteiger partial charge < -0.3 is 10.1 Å². The van der Waals surface area contributed by atoms with Gasteiger partial charge >= 0.3 is 5.97 Å². The maximum absolute atomic E-state index is 13.2. The summed E-state index contributed by atoms with van der Waals surface area (Å²) in [4.78, 5) is 25.1. The van der Waals surface area contributed by atoms with Gasteiger partial charge in [0.1, 0.15) is 0 Å². The molecule has 0 saturated carbocycles. The monoisotopic (exact) mass is 365 g/mol.